The van der Waals surface area contributed by atoms with Gasteiger partial charge in [-0.3, -0.25) is 9.59 Å². The molecule has 37 heavy (non-hydrogen) atoms. The number of amides is 2. The van der Waals surface area contributed by atoms with Gasteiger partial charge >= 0.3 is 0 Å². The quantitative estimate of drug-likeness (QED) is 0.401. The molecular weight excluding hydrogens is 476 g/mol. The highest BCUT2D eigenvalue weighted by molar-refractivity contribution is 5.99. The van der Waals surface area contributed by atoms with Gasteiger partial charge in [0.05, 0.1) is 26.3 Å². The van der Waals surface area contributed by atoms with Crippen molar-refractivity contribution < 1.29 is 33.0 Å². The van der Waals surface area contributed by atoms with E-state index in [9.17, 15) is 9.59 Å². The molecule has 2 aromatic carbocycles. The smallest absolute Gasteiger partial charge is 0.258 e. The Hall–Kier alpha value is -4.14. The van der Waals surface area contributed by atoms with Gasteiger partial charge in [0.15, 0.2) is 11.5 Å². The van der Waals surface area contributed by atoms with Crippen molar-refractivity contribution >= 4 is 11.8 Å². The average Bonchev–Trinajstić information content (AvgIpc) is 3.53. The van der Waals surface area contributed by atoms with Crippen molar-refractivity contribution in [2.24, 2.45) is 0 Å². The minimum atomic E-state index is -0.306. The van der Waals surface area contributed by atoms with Gasteiger partial charge in [0.1, 0.15) is 29.6 Å². The number of ether oxygens (including phenoxy) is 4. The number of carbonyl (C=O) groups is 2. The number of benzene rings is 2. The zero-order valence-electron chi connectivity index (χ0n) is 21.8. The number of furan rings is 1. The van der Waals surface area contributed by atoms with Crippen molar-refractivity contribution in [2.75, 3.05) is 27.6 Å². The SMILES string of the molecule is COc1ccc(C(=O)N(CC(=O)N(Cc2ccc3c(c2)OCO3)Cc2ccc(C)o2)C(C)C)c(OC)c1. The molecular formula is C28H32N2O7. The lowest BCUT2D eigenvalue weighted by Crippen LogP contribution is -2.45. The summed E-state index contributed by atoms with van der Waals surface area (Å²) in [5.41, 5.74) is 1.23. The Labute approximate surface area is 216 Å². The summed E-state index contributed by atoms with van der Waals surface area (Å²) in [4.78, 5) is 30.4. The molecule has 1 aliphatic rings. The maximum Gasteiger partial charge on any atom is 0.258 e. The number of hydrogen-bond donors (Lipinski definition) is 0. The monoisotopic (exact) mass is 508 g/mol. The molecule has 0 radical (unpaired) electrons. The summed E-state index contributed by atoms with van der Waals surface area (Å²) in [6.45, 7) is 6.23. The Morgan fingerprint density at radius 1 is 0.946 bits per heavy atom. The Balaban J connectivity index is 1.58. The number of methoxy groups -OCH3 is 2. The highest BCUT2D eigenvalue weighted by Crippen LogP contribution is 2.33. The largest absolute Gasteiger partial charge is 0.497 e. The van der Waals surface area contributed by atoms with Crippen LogP contribution < -0.4 is 18.9 Å². The third-order valence-electron chi connectivity index (χ3n) is 6.13. The van der Waals surface area contributed by atoms with E-state index in [4.69, 9.17) is 23.4 Å². The van der Waals surface area contributed by atoms with Crippen LogP contribution >= 0.6 is 0 Å². The lowest BCUT2D eigenvalue weighted by atomic mass is 10.1. The van der Waals surface area contributed by atoms with Gasteiger partial charge in [-0.05, 0) is 62.7 Å². The van der Waals surface area contributed by atoms with Crippen LogP contribution in [0.1, 0.15) is 41.3 Å². The number of hydrogen-bond acceptors (Lipinski definition) is 7. The Kier molecular flexibility index (Phi) is 7.91. The second-order valence-corrected chi connectivity index (χ2v) is 9.04. The van der Waals surface area contributed by atoms with Gasteiger partial charge < -0.3 is 33.2 Å². The summed E-state index contributed by atoms with van der Waals surface area (Å²) in [5.74, 6) is 3.16. The third kappa shape index (κ3) is 5.99. The van der Waals surface area contributed by atoms with Crippen LogP contribution in [-0.2, 0) is 17.9 Å². The molecule has 1 aliphatic heterocycles. The van der Waals surface area contributed by atoms with Crippen LogP contribution in [0.4, 0.5) is 0 Å². The Morgan fingerprint density at radius 2 is 1.73 bits per heavy atom. The highest BCUT2D eigenvalue weighted by atomic mass is 16.7. The van der Waals surface area contributed by atoms with E-state index in [2.05, 4.69) is 0 Å². The second-order valence-electron chi connectivity index (χ2n) is 9.04. The van der Waals surface area contributed by atoms with E-state index in [1.54, 1.807) is 30.2 Å². The molecule has 0 N–H and O–H groups in total. The molecule has 0 saturated heterocycles. The molecule has 0 atom stereocenters. The van der Waals surface area contributed by atoms with Gasteiger partial charge in [-0.2, -0.15) is 0 Å². The molecule has 0 spiro atoms. The van der Waals surface area contributed by atoms with E-state index in [0.29, 0.717) is 40.9 Å². The third-order valence-corrected chi connectivity index (χ3v) is 6.13. The van der Waals surface area contributed by atoms with Crippen LogP contribution in [0.5, 0.6) is 23.0 Å². The minimum absolute atomic E-state index is 0.115. The Bertz CT molecular complexity index is 1270. The van der Waals surface area contributed by atoms with Crippen molar-refractivity contribution in [3.8, 4) is 23.0 Å². The fourth-order valence-electron chi connectivity index (χ4n) is 4.11. The fraction of sp³-hybridized carbons (Fsp3) is 0.357. The standard InChI is InChI=1S/C28H32N2O7/c1-18(2)30(28(32)23-10-9-21(33-4)13-25(23)34-5)16-27(31)29(15-22-8-6-19(3)37-22)14-20-7-11-24-26(12-20)36-17-35-24/h6-13,18H,14-17H2,1-5H3. The molecule has 1 aromatic heterocycles. The number of aryl methyl sites for hydroxylation is 1. The van der Waals surface area contributed by atoms with E-state index in [1.807, 2.05) is 51.1 Å². The maximum absolute atomic E-state index is 13.7. The first-order valence-electron chi connectivity index (χ1n) is 12.0. The van der Waals surface area contributed by atoms with Crippen molar-refractivity contribution in [3.63, 3.8) is 0 Å². The number of fused-ring (bicyclic) bond motifs is 1. The summed E-state index contributed by atoms with van der Waals surface area (Å²) in [5, 5.41) is 0. The molecule has 2 amide bonds. The van der Waals surface area contributed by atoms with Gasteiger partial charge in [0.2, 0.25) is 12.7 Å². The van der Waals surface area contributed by atoms with E-state index in [-0.39, 0.29) is 37.7 Å². The predicted molar refractivity (Wildman–Crippen MR) is 136 cm³/mol. The summed E-state index contributed by atoms with van der Waals surface area (Å²) in [6.07, 6.45) is 0. The Morgan fingerprint density at radius 3 is 2.41 bits per heavy atom. The molecule has 196 valence electrons. The summed E-state index contributed by atoms with van der Waals surface area (Å²) < 4.78 is 27.3. The zero-order chi connectivity index (χ0) is 26.5. The lowest BCUT2D eigenvalue weighted by Gasteiger charge is -2.30. The van der Waals surface area contributed by atoms with Crippen LogP contribution in [0.2, 0.25) is 0 Å². The molecule has 0 aliphatic carbocycles. The van der Waals surface area contributed by atoms with Gasteiger partial charge in [0, 0.05) is 18.7 Å². The van der Waals surface area contributed by atoms with Gasteiger partial charge in [-0.15, -0.1) is 0 Å². The molecule has 4 rings (SSSR count). The number of nitrogens with zero attached hydrogens (tertiary/aromatic N) is 2. The number of rotatable bonds is 10. The van der Waals surface area contributed by atoms with Crippen molar-refractivity contribution in [2.45, 2.75) is 39.9 Å². The van der Waals surface area contributed by atoms with E-state index < -0.39 is 0 Å². The van der Waals surface area contributed by atoms with Crippen molar-refractivity contribution in [1.82, 2.24) is 9.80 Å². The first-order chi connectivity index (χ1) is 17.8. The van der Waals surface area contributed by atoms with Crippen molar-refractivity contribution in [1.29, 1.82) is 0 Å². The molecule has 9 heteroatoms. The number of carbonyl (C=O) groups excluding carboxylic acids is 2. The summed E-state index contributed by atoms with van der Waals surface area (Å²) in [6, 6.07) is 14.1. The van der Waals surface area contributed by atoms with Gasteiger partial charge in [-0.1, -0.05) is 6.07 Å². The van der Waals surface area contributed by atoms with Crippen LogP contribution in [-0.4, -0.2) is 55.2 Å². The molecule has 0 bridgehead atoms. The molecule has 0 fully saturated rings. The predicted octanol–water partition coefficient (Wildman–Crippen LogP) is 4.41. The van der Waals surface area contributed by atoms with Crippen molar-refractivity contribution in [3.05, 3.63) is 71.2 Å². The first kappa shape index (κ1) is 25.9. The topological polar surface area (TPSA) is 90.7 Å². The first-order valence-corrected chi connectivity index (χ1v) is 12.0. The average molecular weight is 509 g/mol. The normalized spacial score (nSPS) is 11.9. The molecule has 2 heterocycles. The van der Waals surface area contributed by atoms with Crippen LogP contribution in [0.25, 0.3) is 0 Å². The zero-order valence-corrected chi connectivity index (χ0v) is 21.8. The second kappa shape index (κ2) is 11.3. The van der Waals surface area contributed by atoms with Crippen LogP contribution in [0.3, 0.4) is 0 Å². The van der Waals surface area contributed by atoms with E-state index >= 15 is 0 Å². The highest BCUT2D eigenvalue weighted by Gasteiger charge is 2.27. The minimum Gasteiger partial charge on any atom is -0.497 e. The summed E-state index contributed by atoms with van der Waals surface area (Å²) in [7, 11) is 3.04. The fourth-order valence-corrected chi connectivity index (χ4v) is 4.11. The van der Waals surface area contributed by atoms with E-state index in [0.717, 1.165) is 11.3 Å². The molecule has 0 saturated carbocycles. The van der Waals surface area contributed by atoms with Crippen LogP contribution in [0.15, 0.2) is 52.9 Å². The maximum atomic E-state index is 13.7. The van der Waals surface area contributed by atoms with Crippen LogP contribution in [0, 0.1) is 6.92 Å². The molecule has 0 unspecified atom stereocenters. The van der Waals surface area contributed by atoms with Gasteiger partial charge in [-0.25, -0.2) is 0 Å². The summed E-state index contributed by atoms with van der Waals surface area (Å²) >= 11 is 0. The lowest BCUT2D eigenvalue weighted by molar-refractivity contribution is -0.133. The van der Waals surface area contributed by atoms with E-state index in [1.165, 1.54) is 12.0 Å². The van der Waals surface area contributed by atoms with Gasteiger partial charge in [0.25, 0.3) is 5.91 Å². The molecule has 3 aromatic rings. The molecule has 9 nitrogen and oxygen atoms in total.